The molecular weight excluding hydrogens is 314 g/mol. The van der Waals surface area contributed by atoms with E-state index in [0.29, 0.717) is 25.5 Å². The number of ether oxygens (including phenoxy) is 1. The van der Waals surface area contributed by atoms with Crippen LogP contribution in [0.5, 0.6) is 0 Å². The van der Waals surface area contributed by atoms with Crippen LogP contribution in [0.2, 0.25) is 0 Å². The number of H-pyrrole nitrogens is 1. The highest BCUT2D eigenvalue weighted by Gasteiger charge is 2.20. The van der Waals surface area contributed by atoms with E-state index in [2.05, 4.69) is 45.5 Å². The van der Waals surface area contributed by atoms with Crippen molar-refractivity contribution in [1.82, 2.24) is 15.2 Å². The second-order valence-electron chi connectivity index (χ2n) is 6.98. The monoisotopic (exact) mass is 343 g/mol. The number of hydrogen-bond donors (Lipinski definition) is 2. The lowest BCUT2D eigenvalue weighted by atomic mass is 9.92. The highest BCUT2D eigenvalue weighted by Crippen LogP contribution is 2.24. The van der Waals surface area contributed by atoms with Gasteiger partial charge >= 0.3 is 0 Å². The summed E-state index contributed by atoms with van der Waals surface area (Å²) in [7, 11) is 1.65. The summed E-state index contributed by atoms with van der Waals surface area (Å²) in [5.74, 6) is 0.824. The molecule has 0 atom stereocenters. The molecule has 1 aliphatic rings. The van der Waals surface area contributed by atoms with E-state index in [1.807, 2.05) is 0 Å². The van der Waals surface area contributed by atoms with E-state index in [1.165, 1.54) is 29.4 Å². The van der Waals surface area contributed by atoms with Crippen molar-refractivity contribution < 1.29 is 9.53 Å². The SMILES string of the molecule is COCCNC(=O)CCC1CCN(Cc2cc3ccccc3[nH]2)CC1. The minimum Gasteiger partial charge on any atom is -0.383 e. The van der Waals surface area contributed by atoms with Crippen molar-refractivity contribution in [3.8, 4) is 0 Å². The average Bonchev–Trinajstić information content (AvgIpc) is 3.03. The Labute approximate surface area is 149 Å². The van der Waals surface area contributed by atoms with Gasteiger partial charge in [-0.3, -0.25) is 9.69 Å². The lowest BCUT2D eigenvalue weighted by Crippen LogP contribution is -2.34. The third-order valence-corrected chi connectivity index (χ3v) is 5.09. The van der Waals surface area contributed by atoms with Gasteiger partial charge in [0, 0.05) is 37.8 Å². The van der Waals surface area contributed by atoms with Crippen LogP contribution in [0.15, 0.2) is 30.3 Å². The van der Waals surface area contributed by atoms with Gasteiger partial charge in [0.15, 0.2) is 0 Å². The number of nitrogens with one attached hydrogen (secondary N) is 2. The summed E-state index contributed by atoms with van der Waals surface area (Å²) < 4.78 is 4.94. The van der Waals surface area contributed by atoms with E-state index in [-0.39, 0.29) is 5.91 Å². The fourth-order valence-corrected chi connectivity index (χ4v) is 3.61. The number of aromatic amines is 1. The van der Waals surface area contributed by atoms with Gasteiger partial charge < -0.3 is 15.0 Å². The van der Waals surface area contributed by atoms with E-state index < -0.39 is 0 Å². The Morgan fingerprint density at radius 1 is 1.32 bits per heavy atom. The second-order valence-corrected chi connectivity index (χ2v) is 6.98. The molecule has 0 saturated carbocycles. The molecule has 25 heavy (non-hydrogen) atoms. The standard InChI is InChI=1S/C20H29N3O2/c1-25-13-10-21-20(24)7-6-16-8-11-23(12-9-16)15-18-14-17-4-2-3-5-19(17)22-18/h2-5,14,16,22H,6-13,15H2,1H3,(H,21,24). The van der Waals surface area contributed by atoms with Crippen LogP contribution in [0, 0.1) is 5.92 Å². The number of para-hydroxylation sites is 1. The number of benzene rings is 1. The van der Waals surface area contributed by atoms with E-state index in [9.17, 15) is 4.79 Å². The van der Waals surface area contributed by atoms with Crippen LogP contribution in [0.1, 0.15) is 31.4 Å². The molecule has 5 heteroatoms. The maximum Gasteiger partial charge on any atom is 0.220 e. The molecule has 3 rings (SSSR count). The minimum atomic E-state index is 0.151. The minimum absolute atomic E-state index is 0.151. The number of methoxy groups -OCH3 is 1. The Morgan fingerprint density at radius 3 is 2.88 bits per heavy atom. The first-order valence-electron chi connectivity index (χ1n) is 9.29. The number of amides is 1. The van der Waals surface area contributed by atoms with E-state index in [1.54, 1.807) is 7.11 Å². The van der Waals surface area contributed by atoms with Crippen LogP contribution in [0.4, 0.5) is 0 Å². The van der Waals surface area contributed by atoms with Gasteiger partial charge in [-0.05, 0) is 55.8 Å². The van der Waals surface area contributed by atoms with Gasteiger partial charge in [0.05, 0.1) is 6.61 Å². The Hall–Kier alpha value is -1.85. The second kappa shape index (κ2) is 9.02. The van der Waals surface area contributed by atoms with Gasteiger partial charge in [0.2, 0.25) is 5.91 Å². The van der Waals surface area contributed by atoms with E-state index in [4.69, 9.17) is 4.74 Å². The Morgan fingerprint density at radius 2 is 2.12 bits per heavy atom. The van der Waals surface area contributed by atoms with Crippen LogP contribution < -0.4 is 5.32 Å². The summed E-state index contributed by atoms with van der Waals surface area (Å²) in [5.41, 5.74) is 2.50. The number of nitrogens with zero attached hydrogens (tertiary/aromatic N) is 1. The Balaban J connectivity index is 1.37. The first-order valence-corrected chi connectivity index (χ1v) is 9.29. The fourth-order valence-electron chi connectivity index (χ4n) is 3.61. The van der Waals surface area contributed by atoms with Crippen LogP contribution in [-0.4, -0.2) is 49.1 Å². The molecule has 5 nitrogen and oxygen atoms in total. The van der Waals surface area contributed by atoms with Gasteiger partial charge in [-0.25, -0.2) is 0 Å². The molecule has 1 amide bonds. The molecule has 0 unspecified atom stereocenters. The topological polar surface area (TPSA) is 57.4 Å². The predicted octanol–water partition coefficient (Wildman–Crippen LogP) is 2.92. The molecule has 0 spiro atoms. The number of likely N-dealkylation sites (tertiary alicyclic amines) is 1. The van der Waals surface area contributed by atoms with Crippen LogP contribution in [-0.2, 0) is 16.1 Å². The maximum atomic E-state index is 11.8. The van der Waals surface area contributed by atoms with Crippen molar-refractivity contribution in [1.29, 1.82) is 0 Å². The molecule has 136 valence electrons. The molecule has 0 aliphatic carbocycles. The number of fused-ring (bicyclic) bond motifs is 1. The zero-order valence-electron chi connectivity index (χ0n) is 15.1. The van der Waals surface area contributed by atoms with Gasteiger partial charge in [0.1, 0.15) is 0 Å². The third kappa shape index (κ3) is 5.31. The first kappa shape index (κ1) is 18.0. The molecule has 1 aromatic heterocycles. The van der Waals surface area contributed by atoms with Gasteiger partial charge in [0.25, 0.3) is 0 Å². The summed E-state index contributed by atoms with van der Waals surface area (Å²) in [6.45, 7) is 4.41. The summed E-state index contributed by atoms with van der Waals surface area (Å²) >= 11 is 0. The van der Waals surface area contributed by atoms with Gasteiger partial charge in [-0.1, -0.05) is 18.2 Å². The van der Waals surface area contributed by atoms with Crippen LogP contribution in [0.25, 0.3) is 10.9 Å². The van der Waals surface area contributed by atoms with Crippen molar-refractivity contribution >= 4 is 16.8 Å². The van der Waals surface area contributed by atoms with Crippen molar-refractivity contribution in [2.24, 2.45) is 5.92 Å². The molecule has 1 aliphatic heterocycles. The highest BCUT2D eigenvalue weighted by molar-refractivity contribution is 5.80. The molecule has 2 N–H and O–H groups in total. The zero-order chi connectivity index (χ0) is 17.5. The predicted molar refractivity (Wildman–Crippen MR) is 100 cm³/mol. The summed E-state index contributed by atoms with van der Waals surface area (Å²) in [4.78, 5) is 17.8. The number of piperidine rings is 1. The molecule has 1 fully saturated rings. The largest absolute Gasteiger partial charge is 0.383 e. The lowest BCUT2D eigenvalue weighted by molar-refractivity contribution is -0.121. The molecule has 0 radical (unpaired) electrons. The molecule has 1 saturated heterocycles. The van der Waals surface area contributed by atoms with Crippen molar-refractivity contribution in [3.63, 3.8) is 0 Å². The third-order valence-electron chi connectivity index (χ3n) is 5.09. The molecule has 0 bridgehead atoms. The van der Waals surface area contributed by atoms with Crippen LogP contribution >= 0.6 is 0 Å². The number of rotatable bonds is 8. The summed E-state index contributed by atoms with van der Waals surface area (Å²) in [6, 6.07) is 10.7. The quantitative estimate of drug-likeness (QED) is 0.725. The smallest absolute Gasteiger partial charge is 0.220 e. The fraction of sp³-hybridized carbons (Fsp3) is 0.550. The number of hydrogen-bond acceptors (Lipinski definition) is 3. The molecule has 1 aromatic carbocycles. The van der Waals surface area contributed by atoms with Crippen LogP contribution in [0.3, 0.4) is 0 Å². The summed E-state index contributed by atoms with van der Waals surface area (Å²) in [5, 5.41) is 4.18. The first-order chi connectivity index (χ1) is 12.2. The Kier molecular flexibility index (Phi) is 6.48. The van der Waals surface area contributed by atoms with E-state index in [0.717, 1.165) is 26.1 Å². The molecule has 2 aromatic rings. The number of aromatic nitrogens is 1. The number of carbonyl (C=O) groups excluding carboxylic acids is 1. The summed E-state index contributed by atoms with van der Waals surface area (Å²) in [6.07, 6.45) is 4.01. The number of carbonyl (C=O) groups is 1. The molecular formula is C20H29N3O2. The van der Waals surface area contributed by atoms with Crippen molar-refractivity contribution in [2.45, 2.75) is 32.2 Å². The normalized spacial score (nSPS) is 16.4. The maximum absolute atomic E-state index is 11.8. The van der Waals surface area contributed by atoms with Gasteiger partial charge in [-0.15, -0.1) is 0 Å². The van der Waals surface area contributed by atoms with Crippen molar-refractivity contribution in [2.75, 3.05) is 33.4 Å². The average molecular weight is 343 g/mol. The van der Waals surface area contributed by atoms with Crippen molar-refractivity contribution in [3.05, 3.63) is 36.0 Å². The van der Waals surface area contributed by atoms with E-state index >= 15 is 0 Å². The lowest BCUT2D eigenvalue weighted by Gasteiger charge is -2.31. The van der Waals surface area contributed by atoms with Gasteiger partial charge in [-0.2, -0.15) is 0 Å². The molecule has 2 heterocycles. The Bertz CT molecular complexity index is 641. The highest BCUT2D eigenvalue weighted by atomic mass is 16.5. The zero-order valence-corrected chi connectivity index (χ0v) is 15.1.